The average molecular weight is 252 g/mol. The Hall–Kier alpha value is -1.34. The molecule has 2 N–H and O–H groups in total. The van der Waals surface area contributed by atoms with Gasteiger partial charge in [-0.05, 0) is 0 Å². The van der Waals surface area contributed by atoms with E-state index >= 15 is 0 Å². The Morgan fingerprint density at radius 2 is 2.47 bits per heavy atom. The summed E-state index contributed by atoms with van der Waals surface area (Å²) in [6.45, 7) is 1.90. The number of H-pyrrole nitrogens is 1. The van der Waals surface area contributed by atoms with Gasteiger partial charge in [0.25, 0.3) is 5.91 Å². The fraction of sp³-hybridized carbons (Fsp3) is 0.500. The van der Waals surface area contributed by atoms with Crippen LogP contribution in [0.3, 0.4) is 0 Å². The summed E-state index contributed by atoms with van der Waals surface area (Å²) >= 11 is 1.55. The maximum absolute atomic E-state index is 12.0. The molecule has 0 aliphatic carbocycles. The van der Waals surface area contributed by atoms with Crippen LogP contribution < -0.4 is 5.32 Å². The van der Waals surface area contributed by atoms with Crippen molar-refractivity contribution < 1.29 is 9.53 Å². The summed E-state index contributed by atoms with van der Waals surface area (Å²) in [6, 6.07) is 0. The van der Waals surface area contributed by atoms with E-state index in [1.807, 2.05) is 0 Å². The molecule has 3 heterocycles. The van der Waals surface area contributed by atoms with Crippen LogP contribution in [0.2, 0.25) is 0 Å². The second kappa shape index (κ2) is 4.50. The van der Waals surface area contributed by atoms with Gasteiger partial charge in [-0.3, -0.25) is 20.2 Å². The van der Waals surface area contributed by atoms with Crippen LogP contribution in [0.25, 0.3) is 0 Å². The Kier molecular flexibility index (Phi) is 2.86. The van der Waals surface area contributed by atoms with E-state index in [2.05, 4.69) is 20.5 Å². The van der Waals surface area contributed by atoms with Gasteiger partial charge in [-0.1, -0.05) is 11.8 Å². The van der Waals surface area contributed by atoms with Crippen LogP contribution in [0, 0.1) is 0 Å². The summed E-state index contributed by atoms with van der Waals surface area (Å²) in [5, 5.41) is 10.4. The van der Waals surface area contributed by atoms with Crippen molar-refractivity contribution in [1.29, 1.82) is 0 Å². The second-order valence-corrected chi connectivity index (χ2v) is 4.90. The molecule has 7 heteroatoms. The van der Waals surface area contributed by atoms with E-state index in [-0.39, 0.29) is 5.91 Å². The van der Waals surface area contributed by atoms with E-state index in [1.54, 1.807) is 11.8 Å². The molecule has 2 aliphatic heterocycles. The van der Waals surface area contributed by atoms with Crippen molar-refractivity contribution in [2.24, 2.45) is 4.99 Å². The summed E-state index contributed by atoms with van der Waals surface area (Å²) in [4.78, 5) is 16.2. The summed E-state index contributed by atoms with van der Waals surface area (Å²) in [5.74, 6) is 0.721. The smallest absolute Gasteiger partial charge is 0.278 e. The number of carbonyl (C=O) groups excluding carboxylic acids is 1. The standard InChI is InChI=1S/C10H12N4O2S/c15-9(12-10-11-2-4-17-10)8-6-5-16-3-1-7(6)13-14-8/h1-5H2,(H,13,14)(H,11,12,15). The molecule has 0 spiro atoms. The lowest BCUT2D eigenvalue weighted by Gasteiger charge is -2.12. The summed E-state index contributed by atoms with van der Waals surface area (Å²) in [6.07, 6.45) is 0.783. The Morgan fingerprint density at radius 3 is 3.29 bits per heavy atom. The molecule has 2 aliphatic rings. The fourth-order valence-corrected chi connectivity index (χ4v) is 2.59. The highest BCUT2D eigenvalue weighted by Crippen LogP contribution is 2.18. The molecule has 17 heavy (non-hydrogen) atoms. The van der Waals surface area contributed by atoms with Crippen LogP contribution in [-0.2, 0) is 17.8 Å². The Balaban J connectivity index is 1.79. The highest BCUT2D eigenvalue weighted by molar-refractivity contribution is 8.14. The number of ether oxygens (including phenoxy) is 1. The number of aromatic nitrogens is 2. The number of nitrogens with zero attached hydrogens (tertiary/aromatic N) is 2. The van der Waals surface area contributed by atoms with Gasteiger partial charge in [0.05, 0.1) is 19.8 Å². The van der Waals surface area contributed by atoms with Gasteiger partial charge in [-0.2, -0.15) is 5.10 Å². The SMILES string of the molecule is O=C(NC1=NCCS1)c1n[nH]c2c1COCC2. The maximum atomic E-state index is 12.0. The first-order chi connectivity index (χ1) is 8.34. The molecule has 0 atom stereocenters. The molecule has 0 saturated carbocycles. The molecule has 6 nitrogen and oxygen atoms in total. The predicted molar refractivity (Wildman–Crippen MR) is 64.2 cm³/mol. The van der Waals surface area contributed by atoms with Crippen molar-refractivity contribution in [3.05, 3.63) is 17.0 Å². The number of amidine groups is 1. The van der Waals surface area contributed by atoms with Gasteiger partial charge in [-0.25, -0.2) is 0 Å². The molecule has 0 saturated heterocycles. The third-order valence-corrected chi connectivity index (χ3v) is 3.61. The second-order valence-electron chi connectivity index (χ2n) is 3.82. The lowest BCUT2D eigenvalue weighted by Crippen LogP contribution is -2.29. The molecule has 0 bridgehead atoms. The van der Waals surface area contributed by atoms with Crippen LogP contribution in [0.4, 0.5) is 0 Å². The first-order valence-corrected chi connectivity index (χ1v) is 6.45. The Morgan fingerprint density at radius 1 is 1.53 bits per heavy atom. The minimum absolute atomic E-state index is 0.207. The van der Waals surface area contributed by atoms with Gasteiger partial charge in [0.1, 0.15) is 0 Å². The van der Waals surface area contributed by atoms with E-state index in [1.165, 1.54) is 0 Å². The molecule has 1 amide bonds. The number of carbonyl (C=O) groups is 1. The van der Waals surface area contributed by atoms with E-state index < -0.39 is 0 Å². The molecule has 1 aromatic rings. The molecule has 3 rings (SSSR count). The highest BCUT2D eigenvalue weighted by Gasteiger charge is 2.23. The Bertz CT molecular complexity index is 483. The molecule has 0 radical (unpaired) electrons. The highest BCUT2D eigenvalue weighted by atomic mass is 32.2. The topological polar surface area (TPSA) is 79.4 Å². The average Bonchev–Trinajstić information content (AvgIpc) is 2.96. The van der Waals surface area contributed by atoms with Crippen molar-refractivity contribution in [1.82, 2.24) is 15.5 Å². The Labute approximate surface area is 102 Å². The molecule has 1 aromatic heterocycles. The molecule has 90 valence electrons. The quantitative estimate of drug-likeness (QED) is 0.754. The van der Waals surface area contributed by atoms with Crippen molar-refractivity contribution in [3.8, 4) is 0 Å². The number of rotatable bonds is 1. The number of thioether (sulfide) groups is 1. The van der Waals surface area contributed by atoms with Gasteiger partial charge in [-0.15, -0.1) is 0 Å². The van der Waals surface area contributed by atoms with Crippen LogP contribution in [0.1, 0.15) is 21.7 Å². The minimum Gasteiger partial charge on any atom is -0.376 e. The third kappa shape index (κ3) is 2.07. The van der Waals surface area contributed by atoms with E-state index in [9.17, 15) is 4.79 Å². The van der Waals surface area contributed by atoms with Crippen LogP contribution in [-0.4, -0.2) is 40.2 Å². The molecule has 0 unspecified atom stereocenters. The predicted octanol–water partition coefficient (Wildman–Crippen LogP) is 0.315. The third-order valence-electron chi connectivity index (χ3n) is 2.72. The van der Waals surface area contributed by atoms with Gasteiger partial charge in [0.15, 0.2) is 10.9 Å². The van der Waals surface area contributed by atoms with Gasteiger partial charge in [0.2, 0.25) is 0 Å². The van der Waals surface area contributed by atoms with Gasteiger partial charge >= 0.3 is 0 Å². The number of hydrogen-bond acceptors (Lipinski definition) is 5. The van der Waals surface area contributed by atoms with Gasteiger partial charge < -0.3 is 4.74 Å². The van der Waals surface area contributed by atoms with Gasteiger partial charge in [0, 0.05) is 23.4 Å². The van der Waals surface area contributed by atoms with Crippen LogP contribution in [0.5, 0.6) is 0 Å². The van der Waals surface area contributed by atoms with E-state index in [4.69, 9.17) is 4.74 Å². The normalized spacial score (nSPS) is 18.7. The van der Waals surface area contributed by atoms with Crippen molar-refractivity contribution >= 4 is 22.8 Å². The zero-order valence-electron chi connectivity index (χ0n) is 9.15. The molecule has 0 aromatic carbocycles. The maximum Gasteiger partial charge on any atom is 0.278 e. The summed E-state index contributed by atoms with van der Waals surface area (Å²) in [5.41, 5.74) is 2.30. The number of hydrogen-bond donors (Lipinski definition) is 2. The first kappa shape index (κ1) is 10.8. The lowest BCUT2D eigenvalue weighted by atomic mass is 10.1. The first-order valence-electron chi connectivity index (χ1n) is 5.47. The zero-order chi connectivity index (χ0) is 11.7. The lowest BCUT2D eigenvalue weighted by molar-refractivity contribution is 0.0947. The van der Waals surface area contributed by atoms with Crippen molar-refractivity contribution in [3.63, 3.8) is 0 Å². The summed E-state index contributed by atoms with van der Waals surface area (Å²) < 4.78 is 5.34. The molecular weight excluding hydrogens is 240 g/mol. The van der Waals surface area contributed by atoms with Crippen LogP contribution >= 0.6 is 11.8 Å². The fourth-order valence-electron chi connectivity index (χ4n) is 1.87. The number of fused-ring (bicyclic) bond motifs is 1. The minimum atomic E-state index is -0.207. The number of aromatic amines is 1. The number of aliphatic imine (C=N–C) groups is 1. The zero-order valence-corrected chi connectivity index (χ0v) is 9.97. The molecule has 0 fully saturated rings. The van der Waals surface area contributed by atoms with E-state index in [0.29, 0.717) is 24.1 Å². The van der Waals surface area contributed by atoms with Crippen molar-refractivity contribution in [2.45, 2.75) is 13.0 Å². The summed E-state index contributed by atoms with van der Waals surface area (Å²) in [7, 11) is 0. The van der Waals surface area contributed by atoms with E-state index in [0.717, 1.165) is 30.0 Å². The monoisotopic (exact) mass is 252 g/mol. The van der Waals surface area contributed by atoms with Crippen LogP contribution in [0.15, 0.2) is 4.99 Å². The number of amides is 1. The number of nitrogens with one attached hydrogen (secondary N) is 2. The largest absolute Gasteiger partial charge is 0.376 e. The van der Waals surface area contributed by atoms with Crippen molar-refractivity contribution in [2.75, 3.05) is 18.9 Å². The molecular formula is C10H12N4O2S.